The highest BCUT2D eigenvalue weighted by Crippen LogP contribution is 2.21. The van der Waals surface area contributed by atoms with Crippen molar-refractivity contribution in [2.75, 3.05) is 5.32 Å². The molecule has 0 spiro atoms. The average molecular weight is 323 g/mol. The van der Waals surface area contributed by atoms with Crippen molar-refractivity contribution in [2.24, 2.45) is 5.73 Å². The zero-order valence-electron chi connectivity index (χ0n) is 10.9. The van der Waals surface area contributed by atoms with Gasteiger partial charge in [0.2, 0.25) is 5.91 Å². The second-order valence-corrected chi connectivity index (χ2v) is 5.02. The molecule has 0 atom stereocenters. The molecule has 2 aromatic carbocycles. The van der Waals surface area contributed by atoms with E-state index in [0.717, 1.165) is 5.56 Å². The lowest BCUT2D eigenvalue weighted by Gasteiger charge is -2.08. The Morgan fingerprint density at radius 2 is 1.90 bits per heavy atom. The van der Waals surface area contributed by atoms with Crippen LogP contribution < -0.4 is 11.1 Å². The number of halogens is 2. The van der Waals surface area contributed by atoms with Crippen LogP contribution in [0.3, 0.4) is 0 Å². The van der Waals surface area contributed by atoms with E-state index in [1.165, 1.54) is 12.1 Å². The van der Waals surface area contributed by atoms with Crippen molar-refractivity contribution in [3.8, 4) is 0 Å². The van der Waals surface area contributed by atoms with Crippen LogP contribution in [0.15, 0.2) is 42.5 Å². The fraction of sp³-hybridized carbons (Fsp3) is 0.0667. The zero-order valence-corrected chi connectivity index (χ0v) is 12.4. The number of primary amides is 1. The van der Waals surface area contributed by atoms with Crippen LogP contribution in [0.5, 0.6) is 0 Å². The molecule has 0 radical (unpaired) electrons. The molecule has 0 aliphatic rings. The van der Waals surface area contributed by atoms with Gasteiger partial charge in [-0.2, -0.15) is 0 Å². The first-order chi connectivity index (χ1) is 10.0. The van der Waals surface area contributed by atoms with E-state index >= 15 is 0 Å². The van der Waals surface area contributed by atoms with Crippen molar-refractivity contribution in [3.63, 3.8) is 0 Å². The van der Waals surface area contributed by atoms with Gasteiger partial charge < -0.3 is 11.1 Å². The lowest BCUT2D eigenvalue weighted by molar-refractivity contribution is 0.0998. The second kappa shape index (κ2) is 6.61. The largest absolute Gasteiger partial charge is 0.366 e. The number of rotatable bonds is 4. The van der Waals surface area contributed by atoms with E-state index in [4.69, 9.17) is 28.9 Å². The van der Waals surface area contributed by atoms with Gasteiger partial charge in [0.1, 0.15) is 0 Å². The maximum atomic E-state index is 12.1. The number of nitrogens with one attached hydrogen (secondary N) is 1. The number of benzene rings is 2. The van der Waals surface area contributed by atoms with E-state index in [2.05, 4.69) is 5.32 Å². The van der Waals surface area contributed by atoms with Gasteiger partial charge >= 0.3 is 0 Å². The van der Waals surface area contributed by atoms with Gasteiger partial charge in [-0.05, 0) is 35.9 Å². The van der Waals surface area contributed by atoms with Gasteiger partial charge in [0, 0.05) is 17.1 Å². The summed E-state index contributed by atoms with van der Waals surface area (Å²) in [5.74, 6) is -0.571. The molecule has 3 N–H and O–H groups in total. The van der Waals surface area contributed by atoms with Gasteiger partial charge in [-0.1, -0.05) is 23.7 Å². The van der Waals surface area contributed by atoms with Crippen LogP contribution in [0.4, 0.5) is 5.69 Å². The molecule has 0 aliphatic heterocycles. The van der Waals surface area contributed by atoms with Crippen molar-refractivity contribution in [3.05, 3.63) is 64.2 Å². The summed E-state index contributed by atoms with van der Waals surface area (Å²) in [4.78, 5) is 23.2. The molecule has 2 rings (SSSR count). The van der Waals surface area contributed by atoms with E-state index in [9.17, 15) is 9.59 Å². The molecule has 0 heterocycles. The van der Waals surface area contributed by atoms with Crippen molar-refractivity contribution in [1.82, 2.24) is 0 Å². The van der Waals surface area contributed by atoms with E-state index in [1.54, 1.807) is 24.3 Å². The molecule has 0 bridgehead atoms. The second-order valence-electron chi connectivity index (χ2n) is 4.35. The Balaban J connectivity index is 2.19. The minimum Gasteiger partial charge on any atom is -0.366 e. The summed E-state index contributed by atoms with van der Waals surface area (Å²) in [5, 5.41) is 2.89. The molecule has 0 unspecified atom stereocenters. The number of hydrogen-bond donors (Lipinski definition) is 2. The first kappa shape index (κ1) is 15.4. The molecule has 2 aromatic rings. The molecule has 0 aromatic heterocycles. The highest BCUT2D eigenvalue weighted by molar-refractivity contribution is 6.34. The van der Waals surface area contributed by atoms with Crippen LogP contribution in [0.25, 0.3) is 0 Å². The smallest absolute Gasteiger partial charge is 0.255 e. The third-order valence-electron chi connectivity index (χ3n) is 2.84. The highest BCUT2D eigenvalue weighted by atomic mass is 35.5. The van der Waals surface area contributed by atoms with Crippen molar-refractivity contribution in [1.29, 1.82) is 0 Å². The van der Waals surface area contributed by atoms with Crippen LogP contribution in [0.1, 0.15) is 26.3 Å². The predicted molar refractivity (Wildman–Crippen MR) is 83.9 cm³/mol. The number of anilines is 1. The third-order valence-corrected chi connectivity index (χ3v) is 3.46. The number of alkyl halides is 1. The summed E-state index contributed by atoms with van der Waals surface area (Å²) in [7, 11) is 0. The molecule has 6 heteroatoms. The minimum absolute atomic E-state index is 0.190. The average Bonchev–Trinajstić information content (AvgIpc) is 2.47. The van der Waals surface area contributed by atoms with Gasteiger partial charge in [0.25, 0.3) is 5.91 Å². The molecule has 0 saturated heterocycles. The van der Waals surface area contributed by atoms with Gasteiger partial charge in [-0.15, -0.1) is 11.6 Å². The Hall–Kier alpha value is -2.04. The number of nitrogens with two attached hydrogens (primary N) is 1. The van der Waals surface area contributed by atoms with Gasteiger partial charge in [-0.3, -0.25) is 9.59 Å². The Labute approximate surface area is 131 Å². The maximum Gasteiger partial charge on any atom is 0.255 e. The Kier molecular flexibility index (Phi) is 4.83. The summed E-state index contributed by atoms with van der Waals surface area (Å²) in [6.45, 7) is 0. The third kappa shape index (κ3) is 3.74. The molecule has 2 amide bonds. The number of carbonyl (C=O) groups excluding carboxylic acids is 2. The molecular formula is C15H12Cl2N2O2. The van der Waals surface area contributed by atoms with Gasteiger partial charge in [0.15, 0.2) is 0 Å². The number of amides is 2. The quantitative estimate of drug-likeness (QED) is 0.846. The summed E-state index contributed by atoms with van der Waals surface area (Å²) < 4.78 is 0. The summed E-state index contributed by atoms with van der Waals surface area (Å²) in [6.07, 6.45) is 0. The van der Waals surface area contributed by atoms with Crippen molar-refractivity contribution < 1.29 is 9.59 Å². The highest BCUT2D eigenvalue weighted by Gasteiger charge is 2.10. The molecule has 0 saturated carbocycles. The molecule has 4 nitrogen and oxygen atoms in total. The SMILES string of the molecule is NC(=O)c1ccc(NC(=O)c2cccc(CCl)c2)cc1Cl. The van der Waals surface area contributed by atoms with Crippen LogP contribution in [0, 0.1) is 0 Å². The van der Waals surface area contributed by atoms with E-state index in [0.29, 0.717) is 17.1 Å². The Morgan fingerprint density at radius 3 is 2.52 bits per heavy atom. The fourth-order valence-electron chi connectivity index (χ4n) is 1.79. The topological polar surface area (TPSA) is 72.2 Å². The molecule has 21 heavy (non-hydrogen) atoms. The summed E-state index contributed by atoms with van der Waals surface area (Å²) in [5.41, 5.74) is 7.19. The van der Waals surface area contributed by atoms with Crippen molar-refractivity contribution >= 4 is 40.7 Å². The van der Waals surface area contributed by atoms with Gasteiger partial charge in [-0.25, -0.2) is 0 Å². The molecule has 0 fully saturated rings. The van der Waals surface area contributed by atoms with E-state index in [1.807, 2.05) is 6.07 Å². The fourth-order valence-corrected chi connectivity index (χ4v) is 2.23. The first-order valence-electron chi connectivity index (χ1n) is 6.07. The van der Waals surface area contributed by atoms with Crippen LogP contribution in [-0.2, 0) is 5.88 Å². The summed E-state index contributed by atoms with van der Waals surface area (Å²) >= 11 is 11.7. The van der Waals surface area contributed by atoms with Gasteiger partial charge in [0.05, 0.1) is 10.6 Å². The molecule has 108 valence electrons. The Morgan fingerprint density at radius 1 is 1.14 bits per heavy atom. The van der Waals surface area contributed by atoms with Crippen LogP contribution >= 0.6 is 23.2 Å². The number of carbonyl (C=O) groups is 2. The molecule has 0 aliphatic carbocycles. The van der Waals surface area contributed by atoms with E-state index in [-0.39, 0.29) is 16.5 Å². The lowest BCUT2D eigenvalue weighted by Crippen LogP contribution is -2.14. The van der Waals surface area contributed by atoms with Crippen LogP contribution in [0.2, 0.25) is 5.02 Å². The van der Waals surface area contributed by atoms with Crippen molar-refractivity contribution in [2.45, 2.75) is 5.88 Å². The minimum atomic E-state index is -0.618. The maximum absolute atomic E-state index is 12.1. The predicted octanol–water partition coefficient (Wildman–Crippen LogP) is 3.43. The summed E-state index contributed by atoms with van der Waals surface area (Å²) in [6, 6.07) is 11.5. The molecular weight excluding hydrogens is 311 g/mol. The first-order valence-corrected chi connectivity index (χ1v) is 6.98. The van der Waals surface area contributed by atoms with Crippen LogP contribution in [-0.4, -0.2) is 11.8 Å². The number of hydrogen-bond acceptors (Lipinski definition) is 2. The zero-order chi connectivity index (χ0) is 15.4. The standard InChI is InChI=1S/C15H12Cl2N2O2/c16-8-9-2-1-3-10(6-9)15(21)19-11-4-5-12(14(18)20)13(17)7-11/h1-7H,8H2,(H2,18,20)(H,19,21). The Bertz CT molecular complexity index is 702. The monoisotopic (exact) mass is 322 g/mol. The van der Waals surface area contributed by atoms with E-state index < -0.39 is 5.91 Å². The normalized spacial score (nSPS) is 10.2. The lowest BCUT2D eigenvalue weighted by atomic mass is 10.1.